The molecule has 164 valence electrons. The number of aromatic nitrogens is 3. The van der Waals surface area contributed by atoms with E-state index in [1.54, 1.807) is 42.5 Å². The van der Waals surface area contributed by atoms with E-state index in [0.717, 1.165) is 5.75 Å². The predicted molar refractivity (Wildman–Crippen MR) is 114 cm³/mol. The number of nitrogens with one attached hydrogen (secondary N) is 1. The van der Waals surface area contributed by atoms with Crippen molar-refractivity contribution in [3.05, 3.63) is 89.9 Å². The third-order valence-electron chi connectivity index (χ3n) is 4.45. The zero-order valence-corrected chi connectivity index (χ0v) is 17.3. The van der Waals surface area contributed by atoms with Gasteiger partial charge in [0.1, 0.15) is 36.0 Å². The highest BCUT2D eigenvalue weighted by molar-refractivity contribution is 6.01. The number of nitrogens with zero attached hydrogens (tertiary/aromatic N) is 3. The summed E-state index contributed by atoms with van der Waals surface area (Å²) in [5.41, 5.74) is 0.471. The highest BCUT2D eigenvalue weighted by Crippen LogP contribution is 2.19. The maximum Gasteiger partial charge on any atom is 0.293 e. The molecule has 0 bridgehead atoms. The molecule has 9 heteroatoms. The van der Waals surface area contributed by atoms with Crippen molar-refractivity contribution in [2.75, 3.05) is 11.9 Å². The first kappa shape index (κ1) is 21.1. The maximum atomic E-state index is 13.8. The Morgan fingerprint density at radius 3 is 2.56 bits per heavy atom. The molecule has 0 aliphatic carbocycles. The van der Waals surface area contributed by atoms with Gasteiger partial charge in [-0.1, -0.05) is 18.2 Å². The number of halogens is 1. The van der Waals surface area contributed by atoms with E-state index < -0.39 is 5.91 Å². The van der Waals surface area contributed by atoms with Gasteiger partial charge in [-0.15, -0.1) is 5.10 Å². The summed E-state index contributed by atoms with van der Waals surface area (Å²) in [6, 6.07) is 16.8. The first-order valence-corrected chi connectivity index (χ1v) is 9.99. The van der Waals surface area contributed by atoms with E-state index in [1.807, 2.05) is 19.1 Å². The first-order chi connectivity index (χ1) is 15.6. The van der Waals surface area contributed by atoms with E-state index in [9.17, 15) is 9.18 Å². The molecule has 8 nitrogen and oxygen atoms in total. The maximum absolute atomic E-state index is 13.8. The van der Waals surface area contributed by atoms with Gasteiger partial charge in [0.05, 0.1) is 13.2 Å². The molecule has 2 aromatic heterocycles. The number of rotatable bonds is 9. The molecule has 0 aliphatic rings. The smallest absolute Gasteiger partial charge is 0.293 e. The van der Waals surface area contributed by atoms with Crippen LogP contribution in [-0.2, 0) is 13.2 Å². The van der Waals surface area contributed by atoms with Crippen LogP contribution >= 0.6 is 0 Å². The molecule has 0 unspecified atom stereocenters. The lowest BCUT2D eigenvalue weighted by Crippen LogP contribution is -2.12. The molecule has 0 saturated heterocycles. The minimum Gasteiger partial charge on any atom is -0.494 e. The quantitative estimate of drug-likeness (QED) is 0.421. The van der Waals surface area contributed by atoms with Crippen LogP contribution in [0.15, 0.2) is 71.4 Å². The SMILES string of the molecule is CCOc1ccc(OCc2ccc(C(=O)Nc3ncn(Cc4ccccc4F)n3)o2)cc1. The Balaban J connectivity index is 1.31. The largest absolute Gasteiger partial charge is 0.494 e. The lowest BCUT2D eigenvalue weighted by molar-refractivity contribution is 0.0991. The topological polar surface area (TPSA) is 91.4 Å². The minimum atomic E-state index is -0.499. The third kappa shape index (κ3) is 5.31. The molecule has 4 aromatic rings. The summed E-state index contributed by atoms with van der Waals surface area (Å²) in [7, 11) is 0. The normalized spacial score (nSPS) is 10.7. The summed E-state index contributed by atoms with van der Waals surface area (Å²) in [6.07, 6.45) is 1.42. The Labute approximate surface area is 183 Å². The van der Waals surface area contributed by atoms with Gasteiger partial charge in [-0.25, -0.2) is 14.1 Å². The zero-order chi connectivity index (χ0) is 22.3. The van der Waals surface area contributed by atoms with Gasteiger partial charge in [0.25, 0.3) is 5.91 Å². The third-order valence-corrected chi connectivity index (χ3v) is 4.45. The number of furan rings is 1. The number of ether oxygens (including phenoxy) is 2. The molecular weight excluding hydrogens is 415 g/mol. The summed E-state index contributed by atoms with van der Waals surface area (Å²) in [6.45, 7) is 2.88. The van der Waals surface area contributed by atoms with Crippen LogP contribution in [-0.4, -0.2) is 27.3 Å². The number of benzene rings is 2. The number of carbonyl (C=O) groups excluding carboxylic acids is 1. The average molecular weight is 436 g/mol. The molecule has 0 radical (unpaired) electrons. The van der Waals surface area contributed by atoms with Crippen LogP contribution < -0.4 is 14.8 Å². The average Bonchev–Trinajstić information content (AvgIpc) is 3.45. The van der Waals surface area contributed by atoms with Crippen molar-refractivity contribution < 1.29 is 23.1 Å². The van der Waals surface area contributed by atoms with Crippen molar-refractivity contribution >= 4 is 11.9 Å². The van der Waals surface area contributed by atoms with Crippen LogP contribution in [0, 0.1) is 5.82 Å². The molecule has 0 fully saturated rings. The Morgan fingerprint density at radius 1 is 1.06 bits per heavy atom. The van der Waals surface area contributed by atoms with Crippen LogP contribution in [0.2, 0.25) is 0 Å². The Hall–Kier alpha value is -4.14. The minimum absolute atomic E-state index is 0.0925. The molecule has 0 saturated carbocycles. The van der Waals surface area contributed by atoms with Crippen molar-refractivity contribution in [3.63, 3.8) is 0 Å². The van der Waals surface area contributed by atoms with Crippen molar-refractivity contribution in [2.24, 2.45) is 0 Å². The van der Waals surface area contributed by atoms with Crippen LogP contribution in [0.25, 0.3) is 0 Å². The van der Waals surface area contributed by atoms with Gasteiger partial charge in [0.15, 0.2) is 5.76 Å². The summed E-state index contributed by atoms with van der Waals surface area (Å²) in [5, 5.41) is 6.71. The highest BCUT2D eigenvalue weighted by atomic mass is 19.1. The van der Waals surface area contributed by atoms with Crippen molar-refractivity contribution in [3.8, 4) is 11.5 Å². The van der Waals surface area contributed by atoms with Crippen LogP contribution in [0.4, 0.5) is 10.3 Å². The van der Waals surface area contributed by atoms with E-state index in [1.165, 1.54) is 17.1 Å². The predicted octanol–water partition coefficient (Wildman–Crippen LogP) is 4.29. The molecule has 0 atom stereocenters. The second-order valence-corrected chi connectivity index (χ2v) is 6.77. The summed E-state index contributed by atoms with van der Waals surface area (Å²) in [5.74, 6) is 1.27. The molecule has 4 rings (SSSR count). The first-order valence-electron chi connectivity index (χ1n) is 9.99. The fourth-order valence-corrected chi connectivity index (χ4v) is 2.92. The Morgan fingerprint density at radius 2 is 1.81 bits per heavy atom. The lowest BCUT2D eigenvalue weighted by atomic mass is 10.2. The number of anilines is 1. The number of hydrogen-bond donors (Lipinski definition) is 1. The number of hydrogen-bond acceptors (Lipinski definition) is 6. The number of amides is 1. The van der Waals surface area contributed by atoms with Gasteiger partial charge in [-0.05, 0) is 49.4 Å². The van der Waals surface area contributed by atoms with E-state index in [2.05, 4.69) is 15.4 Å². The van der Waals surface area contributed by atoms with Gasteiger partial charge >= 0.3 is 0 Å². The van der Waals surface area contributed by atoms with Gasteiger partial charge in [0, 0.05) is 5.56 Å². The molecular formula is C23H21FN4O4. The Kier molecular flexibility index (Phi) is 6.45. The van der Waals surface area contributed by atoms with E-state index >= 15 is 0 Å². The zero-order valence-electron chi connectivity index (χ0n) is 17.3. The molecule has 0 aliphatic heterocycles. The van der Waals surface area contributed by atoms with Gasteiger partial charge in [-0.2, -0.15) is 0 Å². The molecule has 2 heterocycles. The summed E-state index contributed by atoms with van der Waals surface area (Å²) >= 11 is 0. The fourth-order valence-electron chi connectivity index (χ4n) is 2.92. The molecule has 1 N–H and O–H groups in total. The van der Waals surface area contributed by atoms with Crippen molar-refractivity contribution in [2.45, 2.75) is 20.1 Å². The van der Waals surface area contributed by atoms with Gasteiger partial charge in [0.2, 0.25) is 5.95 Å². The van der Waals surface area contributed by atoms with Crippen LogP contribution in [0.3, 0.4) is 0 Å². The van der Waals surface area contributed by atoms with Gasteiger partial charge < -0.3 is 13.9 Å². The fraction of sp³-hybridized carbons (Fsp3) is 0.174. The standard InChI is InChI=1S/C23H21FN4O4/c1-2-30-17-7-9-18(10-8-17)31-14-19-11-12-21(32-19)22(29)26-23-25-15-28(27-23)13-16-5-3-4-6-20(16)24/h3-12,15H,2,13-14H2,1H3,(H,26,27,29). The van der Waals surface area contributed by atoms with E-state index in [4.69, 9.17) is 13.9 Å². The monoisotopic (exact) mass is 436 g/mol. The van der Waals surface area contributed by atoms with E-state index in [0.29, 0.717) is 23.7 Å². The molecule has 1 amide bonds. The van der Waals surface area contributed by atoms with Crippen LogP contribution in [0.1, 0.15) is 28.8 Å². The molecule has 32 heavy (non-hydrogen) atoms. The highest BCUT2D eigenvalue weighted by Gasteiger charge is 2.14. The Bertz CT molecular complexity index is 1190. The van der Waals surface area contributed by atoms with Gasteiger partial charge in [-0.3, -0.25) is 10.1 Å². The van der Waals surface area contributed by atoms with Crippen LogP contribution in [0.5, 0.6) is 11.5 Å². The second kappa shape index (κ2) is 9.78. The lowest BCUT2D eigenvalue weighted by Gasteiger charge is -2.06. The second-order valence-electron chi connectivity index (χ2n) is 6.77. The van der Waals surface area contributed by atoms with E-state index in [-0.39, 0.29) is 30.7 Å². The summed E-state index contributed by atoms with van der Waals surface area (Å²) < 4.78 is 31.8. The summed E-state index contributed by atoms with van der Waals surface area (Å²) in [4.78, 5) is 16.4. The molecule has 2 aromatic carbocycles. The van der Waals surface area contributed by atoms with Crippen molar-refractivity contribution in [1.29, 1.82) is 0 Å². The molecule has 0 spiro atoms. The number of carbonyl (C=O) groups is 1. The van der Waals surface area contributed by atoms with Crippen molar-refractivity contribution in [1.82, 2.24) is 14.8 Å².